The number of ether oxygens (including phenoxy) is 1. The Labute approximate surface area is 123 Å². The van der Waals surface area contributed by atoms with Crippen LogP contribution in [-0.4, -0.2) is 30.4 Å². The summed E-state index contributed by atoms with van der Waals surface area (Å²) in [6, 6.07) is 4.64. The summed E-state index contributed by atoms with van der Waals surface area (Å²) in [6.07, 6.45) is 2.06. The maximum atomic E-state index is 12.0. The van der Waals surface area contributed by atoms with Crippen LogP contribution in [0.3, 0.4) is 0 Å². The van der Waals surface area contributed by atoms with Crippen LogP contribution in [0.1, 0.15) is 19.8 Å². The Hall–Kier alpha value is -1.46. The maximum absolute atomic E-state index is 12.0. The lowest BCUT2D eigenvalue weighted by Gasteiger charge is -2.28. The lowest BCUT2D eigenvalue weighted by molar-refractivity contribution is 0.159. The smallest absolute Gasteiger partial charge is 0.319 e. The van der Waals surface area contributed by atoms with Crippen molar-refractivity contribution >= 4 is 23.3 Å². The number of aliphatic hydroxyl groups excluding tert-OH is 1. The highest BCUT2D eigenvalue weighted by atomic mass is 35.5. The van der Waals surface area contributed by atoms with E-state index in [0.29, 0.717) is 22.4 Å². The molecule has 0 aromatic heterocycles. The van der Waals surface area contributed by atoms with Crippen LogP contribution in [0.25, 0.3) is 0 Å². The SMILES string of the molecule is COc1ccc(NC(=O)NC(C)(CO)C2CC2)c(Cl)c1. The molecule has 0 saturated heterocycles. The number of hydrogen-bond donors (Lipinski definition) is 3. The largest absolute Gasteiger partial charge is 0.497 e. The number of benzene rings is 1. The number of halogens is 1. The predicted molar refractivity (Wildman–Crippen MR) is 78.4 cm³/mol. The molecule has 110 valence electrons. The van der Waals surface area contributed by atoms with Crippen LogP contribution in [0, 0.1) is 5.92 Å². The highest BCUT2D eigenvalue weighted by molar-refractivity contribution is 6.33. The fourth-order valence-electron chi connectivity index (χ4n) is 2.13. The first kappa shape index (κ1) is 14.9. The van der Waals surface area contributed by atoms with E-state index in [1.54, 1.807) is 25.3 Å². The monoisotopic (exact) mass is 298 g/mol. The van der Waals surface area contributed by atoms with Crippen LogP contribution in [0.2, 0.25) is 5.02 Å². The molecule has 1 atom stereocenters. The van der Waals surface area contributed by atoms with Gasteiger partial charge in [-0.25, -0.2) is 4.79 Å². The van der Waals surface area contributed by atoms with Crippen LogP contribution < -0.4 is 15.4 Å². The van der Waals surface area contributed by atoms with Crippen molar-refractivity contribution in [1.29, 1.82) is 0 Å². The van der Waals surface area contributed by atoms with Crippen LogP contribution in [0.4, 0.5) is 10.5 Å². The van der Waals surface area contributed by atoms with Gasteiger partial charge in [-0.15, -0.1) is 0 Å². The molecule has 1 aliphatic carbocycles. The van der Waals surface area contributed by atoms with Crippen LogP contribution >= 0.6 is 11.6 Å². The van der Waals surface area contributed by atoms with Gasteiger partial charge in [0, 0.05) is 6.07 Å². The molecule has 0 radical (unpaired) electrons. The van der Waals surface area contributed by atoms with Gasteiger partial charge in [0.25, 0.3) is 0 Å². The van der Waals surface area contributed by atoms with Gasteiger partial charge < -0.3 is 20.5 Å². The number of nitrogens with one attached hydrogen (secondary N) is 2. The molecule has 1 aromatic carbocycles. The number of hydrogen-bond acceptors (Lipinski definition) is 3. The molecule has 0 spiro atoms. The third-order valence-electron chi connectivity index (χ3n) is 3.63. The number of rotatable bonds is 5. The van der Waals surface area contributed by atoms with E-state index in [-0.39, 0.29) is 12.6 Å². The van der Waals surface area contributed by atoms with E-state index < -0.39 is 5.54 Å². The van der Waals surface area contributed by atoms with Crippen molar-refractivity contribution in [3.05, 3.63) is 23.2 Å². The van der Waals surface area contributed by atoms with Crippen LogP contribution in [-0.2, 0) is 0 Å². The number of methoxy groups -OCH3 is 1. The molecule has 2 amide bonds. The van der Waals surface area contributed by atoms with Gasteiger partial charge in [0.2, 0.25) is 0 Å². The fourth-order valence-corrected chi connectivity index (χ4v) is 2.35. The normalized spacial score (nSPS) is 17.2. The zero-order chi connectivity index (χ0) is 14.8. The highest BCUT2D eigenvalue weighted by Crippen LogP contribution is 2.39. The van der Waals surface area contributed by atoms with Gasteiger partial charge in [0.1, 0.15) is 5.75 Å². The second-order valence-corrected chi connectivity index (χ2v) is 5.68. The number of urea groups is 1. The number of carbonyl (C=O) groups is 1. The Morgan fingerprint density at radius 3 is 2.75 bits per heavy atom. The summed E-state index contributed by atoms with van der Waals surface area (Å²) in [5.74, 6) is 0.962. The molecule has 6 heteroatoms. The standard InChI is InChI=1S/C14H19ClN2O3/c1-14(8-18,9-3-4-9)17-13(19)16-12-6-5-10(20-2)7-11(12)15/h5-7,9,18H,3-4,8H2,1-2H3,(H2,16,17,19). The third kappa shape index (κ3) is 3.35. The summed E-state index contributed by atoms with van der Waals surface area (Å²) in [5, 5.41) is 15.4. The lowest BCUT2D eigenvalue weighted by Crippen LogP contribution is -2.52. The average molecular weight is 299 g/mol. The number of amides is 2. The van der Waals surface area contributed by atoms with E-state index in [1.807, 2.05) is 6.92 Å². The van der Waals surface area contributed by atoms with Crippen molar-refractivity contribution in [1.82, 2.24) is 5.32 Å². The van der Waals surface area contributed by atoms with Gasteiger partial charge in [0.05, 0.1) is 30.0 Å². The molecular weight excluding hydrogens is 280 g/mol. The molecule has 5 nitrogen and oxygen atoms in total. The average Bonchev–Trinajstić information content (AvgIpc) is 3.25. The van der Waals surface area contributed by atoms with Gasteiger partial charge in [-0.2, -0.15) is 0 Å². The van der Waals surface area contributed by atoms with Gasteiger partial charge in [-0.1, -0.05) is 11.6 Å². The zero-order valence-electron chi connectivity index (χ0n) is 11.6. The molecule has 0 heterocycles. The molecule has 1 fully saturated rings. The van der Waals surface area contributed by atoms with Gasteiger partial charge in [-0.05, 0) is 37.8 Å². The van der Waals surface area contributed by atoms with E-state index in [4.69, 9.17) is 16.3 Å². The summed E-state index contributed by atoms with van der Waals surface area (Å²) in [6.45, 7) is 1.77. The van der Waals surface area contributed by atoms with E-state index >= 15 is 0 Å². The Bertz CT molecular complexity index is 505. The minimum atomic E-state index is -0.580. The Morgan fingerprint density at radius 1 is 1.55 bits per heavy atom. The van der Waals surface area contributed by atoms with Gasteiger partial charge in [0.15, 0.2) is 0 Å². The minimum absolute atomic E-state index is 0.0819. The topological polar surface area (TPSA) is 70.6 Å². The lowest BCUT2D eigenvalue weighted by atomic mass is 9.97. The summed E-state index contributed by atoms with van der Waals surface area (Å²) in [7, 11) is 1.55. The molecule has 1 aromatic rings. The molecule has 3 N–H and O–H groups in total. The first-order valence-corrected chi connectivity index (χ1v) is 6.90. The Kier molecular flexibility index (Phi) is 4.40. The van der Waals surface area contributed by atoms with Crippen molar-refractivity contribution < 1.29 is 14.6 Å². The molecule has 0 bridgehead atoms. The maximum Gasteiger partial charge on any atom is 0.319 e. The first-order valence-electron chi connectivity index (χ1n) is 6.52. The molecular formula is C14H19ClN2O3. The van der Waals surface area contributed by atoms with Crippen molar-refractivity contribution in [3.63, 3.8) is 0 Å². The van der Waals surface area contributed by atoms with E-state index in [1.165, 1.54) is 0 Å². The van der Waals surface area contributed by atoms with Crippen LogP contribution in [0.5, 0.6) is 5.75 Å². The molecule has 0 aliphatic heterocycles. The van der Waals surface area contributed by atoms with E-state index in [2.05, 4.69) is 10.6 Å². The van der Waals surface area contributed by atoms with E-state index in [9.17, 15) is 9.90 Å². The quantitative estimate of drug-likeness (QED) is 0.782. The predicted octanol–water partition coefficient (Wildman–Crippen LogP) is 2.63. The van der Waals surface area contributed by atoms with Gasteiger partial charge >= 0.3 is 6.03 Å². The molecule has 1 unspecified atom stereocenters. The molecule has 20 heavy (non-hydrogen) atoms. The Morgan fingerprint density at radius 2 is 2.25 bits per heavy atom. The second-order valence-electron chi connectivity index (χ2n) is 5.27. The van der Waals surface area contributed by atoms with Crippen molar-refractivity contribution in [2.75, 3.05) is 19.0 Å². The number of aliphatic hydroxyl groups is 1. The third-order valence-corrected chi connectivity index (χ3v) is 3.94. The first-order chi connectivity index (χ1) is 9.48. The summed E-state index contributed by atoms with van der Waals surface area (Å²) in [4.78, 5) is 12.0. The summed E-state index contributed by atoms with van der Waals surface area (Å²) in [5.41, 5.74) is -0.0794. The van der Waals surface area contributed by atoms with Crippen molar-refractivity contribution in [2.45, 2.75) is 25.3 Å². The number of anilines is 1. The van der Waals surface area contributed by atoms with Crippen molar-refractivity contribution in [2.24, 2.45) is 5.92 Å². The van der Waals surface area contributed by atoms with Crippen LogP contribution in [0.15, 0.2) is 18.2 Å². The molecule has 1 aliphatic rings. The highest BCUT2D eigenvalue weighted by Gasteiger charge is 2.42. The zero-order valence-corrected chi connectivity index (χ0v) is 12.3. The minimum Gasteiger partial charge on any atom is -0.497 e. The molecule has 1 saturated carbocycles. The summed E-state index contributed by atoms with van der Waals surface area (Å²) < 4.78 is 5.05. The number of carbonyl (C=O) groups excluding carboxylic acids is 1. The molecule has 2 rings (SSSR count). The van der Waals surface area contributed by atoms with Gasteiger partial charge in [-0.3, -0.25) is 0 Å². The Balaban J connectivity index is 2.00. The van der Waals surface area contributed by atoms with Crippen molar-refractivity contribution in [3.8, 4) is 5.75 Å². The fraction of sp³-hybridized carbons (Fsp3) is 0.500. The van der Waals surface area contributed by atoms with E-state index in [0.717, 1.165) is 12.8 Å². The summed E-state index contributed by atoms with van der Waals surface area (Å²) >= 11 is 6.06. The second kappa shape index (κ2) is 5.89.